The summed E-state index contributed by atoms with van der Waals surface area (Å²) < 4.78 is 13.7. The first-order chi connectivity index (χ1) is 7.60. The smallest absolute Gasteiger partial charge is 0.241 e. The zero-order valence-corrected chi connectivity index (χ0v) is 9.54. The number of aryl methyl sites for hydroxylation is 1. The summed E-state index contributed by atoms with van der Waals surface area (Å²) in [4.78, 5) is 18.8. The minimum Gasteiger partial charge on any atom is -0.357 e. The molecule has 0 fully saturated rings. The molecule has 1 unspecified atom stereocenters. The second kappa shape index (κ2) is 5.39. The van der Waals surface area contributed by atoms with E-state index in [1.807, 2.05) is 0 Å². The van der Waals surface area contributed by atoms with Gasteiger partial charge in [0.2, 0.25) is 5.91 Å². The van der Waals surface area contributed by atoms with Crippen molar-refractivity contribution in [2.45, 2.75) is 26.3 Å². The number of carbonyl (C=O) groups excluding carboxylic acids is 1. The highest BCUT2D eigenvalue weighted by molar-refractivity contribution is 5.83. The van der Waals surface area contributed by atoms with Crippen molar-refractivity contribution in [3.63, 3.8) is 0 Å². The summed E-state index contributed by atoms with van der Waals surface area (Å²) >= 11 is 0. The van der Waals surface area contributed by atoms with Crippen molar-refractivity contribution in [3.05, 3.63) is 17.8 Å². The van der Waals surface area contributed by atoms with Gasteiger partial charge >= 0.3 is 0 Å². The number of amides is 1. The Morgan fingerprint density at radius 2 is 2.25 bits per heavy atom. The third kappa shape index (κ3) is 2.65. The molecule has 1 heterocycles. The van der Waals surface area contributed by atoms with Crippen LogP contribution in [0.15, 0.2) is 6.33 Å². The van der Waals surface area contributed by atoms with Gasteiger partial charge in [0.25, 0.3) is 0 Å². The summed E-state index contributed by atoms with van der Waals surface area (Å²) in [5, 5.41) is 5.16. The van der Waals surface area contributed by atoms with Crippen LogP contribution in [0.25, 0.3) is 0 Å². The lowest BCUT2D eigenvalue weighted by atomic mass is 10.2. The number of nitrogens with one attached hydrogen (secondary N) is 2. The second-order valence-corrected chi connectivity index (χ2v) is 3.32. The summed E-state index contributed by atoms with van der Waals surface area (Å²) in [5.74, 6) is -0.667. The van der Waals surface area contributed by atoms with E-state index in [1.54, 1.807) is 13.8 Å². The first-order valence-electron chi connectivity index (χ1n) is 5.07. The van der Waals surface area contributed by atoms with Crippen molar-refractivity contribution >= 4 is 11.7 Å². The average molecular weight is 226 g/mol. The van der Waals surface area contributed by atoms with Gasteiger partial charge < -0.3 is 10.6 Å². The molecule has 0 spiro atoms. The second-order valence-electron chi connectivity index (χ2n) is 3.32. The van der Waals surface area contributed by atoms with Crippen LogP contribution in [0, 0.1) is 5.82 Å². The predicted octanol–water partition coefficient (Wildman–Crippen LogP) is 0.724. The highest BCUT2D eigenvalue weighted by Crippen LogP contribution is 2.13. The summed E-state index contributed by atoms with van der Waals surface area (Å²) in [6, 6.07) is -0.542. The number of hydrogen-bond donors (Lipinski definition) is 2. The lowest BCUT2D eigenvalue weighted by molar-refractivity contribution is -0.121. The molecule has 1 aromatic heterocycles. The number of aromatic nitrogens is 2. The molecule has 6 heteroatoms. The van der Waals surface area contributed by atoms with Gasteiger partial charge in [0.05, 0.1) is 5.69 Å². The summed E-state index contributed by atoms with van der Waals surface area (Å²) in [6.07, 6.45) is 1.76. The maximum atomic E-state index is 13.7. The van der Waals surface area contributed by atoms with Gasteiger partial charge in [0.15, 0.2) is 11.6 Å². The Labute approximate surface area is 93.5 Å². The van der Waals surface area contributed by atoms with Gasteiger partial charge in [-0.15, -0.1) is 0 Å². The first kappa shape index (κ1) is 12.4. The molecule has 1 atom stereocenters. The molecule has 1 aromatic rings. The van der Waals surface area contributed by atoms with E-state index in [0.29, 0.717) is 12.1 Å². The third-order valence-electron chi connectivity index (χ3n) is 2.19. The van der Waals surface area contributed by atoms with Gasteiger partial charge in [-0.2, -0.15) is 0 Å². The molecule has 0 bridgehead atoms. The van der Waals surface area contributed by atoms with Crippen LogP contribution in [0.1, 0.15) is 19.5 Å². The molecule has 5 nitrogen and oxygen atoms in total. The lowest BCUT2D eigenvalue weighted by Crippen LogP contribution is -2.35. The third-order valence-corrected chi connectivity index (χ3v) is 2.19. The summed E-state index contributed by atoms with van der Waals surface area (Å²) in [5.41, 5.74) is 0.335. The number of likely N-dealkylation sites (N-methyl/N-ethyl adjacent to an activating group) is 1. The van der Waals surface area contributed by atoms with Gasteiger partial charge in [-0.25, -0.2) is 14.4 Å². The van der Waals surface area contributed by atoms with Crippen LogP contribution in [0.4, 0.5) is 10.2 Å². The van der Waals surface area contributed by atoms with Crippen molar-refractivity contribution in [1.82, 2.24) is 15.3 Å². The molecule has 88 valence electrons. The fraction of sp³-hybridized carbons (Fsp3) is 0.500. The molecule has 0 aliphatic rings. The number of nitrogens with zero attached hydrogens (tertiary/aromatic N) is 2. The van der Waals surface area contributed by atoms with Gasteiger partial charge in [-0.05, 0) is 13.3 Å². The van der Waals surface area contributed by atoms with E-state index in [2.05, 4.69) is 20.6 Å². The standard InChI is InChI=1S/C10H15FN4O/c1-4-7-8(11)9(14-5-13-7)15-6(2)10(16)12-3/h5-6H,4H2,1-3H3,(H,12,16)(H,13,14,15). The molecule has 0 aliphatic heterocycles. The van der Waals surface area contributed by atoms with Crippen molar-refractivity contribution < 1.29 is 9.18 Å². The van der Waals surface area contributed by atoms with Gasteiger partial charge in [-0.3, -0.25) is 4.79 Å². The maximum absolute atomic E-state index is 13.7. The number of rotatable bonds is 4. The molecule has 1 rings (SSSR count). The van der Waals surface area contributed by atoms with Crippen LogP contribution in [-0.2, 0) is 11.2 Å². The van der Waals surface area contributed by atoms with Crippen LogP contribution >= 0.6 is 0 Å². The van der Waals surface area contributed by atoms with Crippen LogP contribution < -0.4 is 10.6 Å². The number of carbonyl (C=O) groups is 1. The van der Waals surface area contributed by atoms with E-state index >= 15 is 0 Å². The number of hydrogen-bond acceptors (Lipinski definition) is 4. The quantitative estimate of drug-likeness (QED) is 0.794. The molecule has 16 heavy (non-hydrogen) atoms. The van der Waals surface area contributed by atoms with E-state index in [9.17, 15) is 9.18 Å². The van der Waals surface area contributed by atoms with E-state index in [0.717, 1.165) is 0 Å². The summed E-state index contributed by atoms with van der Waals surface area (Å²) in [7, 11) is 1.52. The largest absolute Gasteiger partial charge is 0.357 e. The van der Waals surface area contributed by atoms with Crippen LogP contribution in [0.3, 0.4) is 0 Å². The van der Waals surface area contributed by atoms with Crippen molar-refractivity contribution in [3.8, 4) is 0 Å². The highest BCUT2D eigenvalue weighted by atomic mass is 19.1. The molecule has 0 aliphatic carbocycles. The molecule has 2 N–H and O–H groups in total. The van der Waals surface area contributed by atoms with E-state index < -0.39 is 11.9 Å². The zero-order chi connectivity index (χ0) is 12.1. The van der Waals surface area contributed by atoms with Crippen LogP contribution in [0.2, 0.25) is 0 Å². The van der Waals surface area contributed by atoms with Crippen LogP contribution in [-0.4, -0.2) is 29.0 Å². The molecule has 0 saturated carbocycles. The Bertz CT molecular complexity index is 383. The summed E-state index contributed by atoms with van der Waals surface area (Å²) in [6.45, 7) is 3.43. The van der Waals surface area contributed by atoms with Crippen LogP contribution in [0.5, 0.6) is 0 Å². The first-order valence-corrected chi connectivity index (χ1v) is 5.07. The highest BCUT2D eigenvalue weighted by Gasteiger charge is 2.15. The number of halogens is 1. The normalized spacial score (nSPS) is 12.0. The van der Waals surface area contributed by atoms with Crippen molar-refractivity contribution in [2.75, 3.05) is 12.4 Å². The lowest BCUT2D eigenvalue weighted by Gasteiger charge is -2.13. The Kier molecular flexibility index (Phi) is 4.16. The molecule has 0 saturated heterocycles. The average Bonchev–Trinajstić information content (AvgIpc) is 2.30. The Balaban J connectivity index is 2.85. The molecular weight excluding hydrogens is 211 g/mol. The van der Waals surface area contributed by atoms with Crippen molar-refractivity contribution in [2.24, 2.45) is 0 Å². The fourth-order valence-electron chi connectivity index (χ4n) is 1.24. The van der Waals surface area contributed by atoms with Gasteiger partial charge in [-0.1, -0.05) is 6.92 Å². The number of anilines is 1. The molecule has 0 aromatic carbocycles. The van der Waals surface area contributed by atoms with E-state index in [1.165, 1.54) is 13.4 Å². The minimum absolute atomic E-state index is 0.0583. The van der Waals surface area contributed by atoms with Crippen molar-refractivity contribution in [1.29, 1.82) is 0 Å². The van der Waals surface area contributed by atoms with Gasteiger partial charge in [0.1, 0.15) is 12.4 Å². The Morgan fingerprint density at radius 3 is 2.81 bits per heavy atom. The maximum Gasteiger partial charge on any atom is 0.241 e. The van der Waals surface area contributed by atoms with Gasteiger partial charge in [0, 0.05) is 7.05 Å². The van der Waals surface area contributed by atoms with E-state index in [4.69, 9.17) is 0 Å². The SMILES string of the molecule is CCc1ncnc(NC(C)C(=O)NC)c1F. The molecule has 1 amide bonds. The fourth-order valence-corrected chi connectivity index (χ4v) is 1.24. The topological polar surface area (TPSA) is 66.9 Å². The Morgan fingerprint density at radius 1 is 1.56 bits per heavy atom. The monoisotopic (exact) mass is 226 g/mol. The zero-order valence-electron chi connectivity index (χ0n) is 9.54. The van der Waals surface area contributed by atoms with E-state index in [-0.39, 0.29) is 11.7 Å². The minimum atomic E-state index is -0.542. The Hall–Kier alpha value is -1.72. The molecule has 0 radical (unpaired) electrons. The molecular formula is C10H15FN4O. The predicted molar refractivity (Wildman–Crippen MR) is 58.5 cm³/mol.